The van der Waals surface area contributed by atoms with Gasteiger partial charge in [0.2, 0.25) is 5.91 Å². The second-order valence-electron chi connectivity index (χ2n) is 3.59. The van der Waals surface area contributed by atoms with Gasteiger partial charge in [-0.25, -0.2) is 8.42 Å². The molecular weight excluding hydrogens is 216 g/mol. The Hall–Kier alpha value is -1.09. The van der Waals surface area contributed by atoms with Gasteiger partial charge in [0.1, 0.15) is 15.8 Å². The molecule has 0 radical (unpaired) electrons. The minimum atomic E-state index is -3.11. The van der Waals surface area contributed by atoms with Crippen LogP contribution in [0, 0.1) is 17.2 Å². The highest BCUT2D eigenvalue weighted by atomic mass is 32.2. The third-order valence-corrected chi connectivity index (χ3v) is 2.93. The third kappa shape index (κ3) is 6.07. The molecule has 0 fully saturated rings. The topological polar surface area (TPSA) is 87.0 Å². The molecule has 0 saturated carbocycles. The predicted octanol–water partition coefficient (Wildman–Crippen LogP) is 0.0855. The number of nitrogens with one attached hydrogen (secondary N) is 1. The molecule has 0 heterocycles. The van der Waals surface area contributed by atoms with Crippen molar-refractivity contribution in [3.63, 3.8) is 0 Å². The average molecular weight is 232 g/mol. The Balaban J connectivity index is 4.26. The van der Waals surface area contributed by atoms with Crippen molar-refractivity contribution in [3.8, 4) is 6.07 Å². The molecule has 0 bridgehead atoms. The normalized spacial score (nSPS) is 15.1. The van der Waals surface area contributed by atoms with E-state index in [9.17, 15) is 13.2 Å². The minimum absolute atomic E-state index is 0.111. The zero-order valence-electron chi connectivity index (χ0n) is 9.15. The monoisotopic (exact) mass is 232 g/mol. The van der Waals surface area contributed by atoms with Gasteiger partial charge in [-0.15, -0.1) is 0 Å². The van der Waals surface area contributed by atoms with Gasteiger partial charge in [-0.2, -0.15) is 5.26 Å². The Bertz CT molecular complexity index is 356. The van der Waals surface area contributed by atoms with E-state index in [1.54, 1.807) is 13.8 Å². The Labute approximate surface area is 90.4 Å². The second kappa shape index (κ2) is 5.71. The summed E-state index contributed by atoms with van der Waals surface area (Å²) in [7, 11) is -3.11. The SMILES string of the molecule is CCC(C#N)C(=O)NC(C)CS(C)(=O)=O. The van der Waals surface area contributed by atoms with E-state index in [0.717, 1.165) is 6.26 Å². The lowest BCUT2D eigenvalue weighted by atomic mass is 10.1. The fourth-order valence-corrected chi connectivity index (χ4v) is 2.17. The average Bonchev–Trinajstić information content (AvgIpc) is 2.02. The van der Waals surface area contributed by atoms with Gasteiger partial charge in [0.25, 0.3) is 0 Å². The van der Waals surface area contributed by atoms with Gasteiger partial charge in [0, 0.05) is 12.3 Å². The molecule has 2 unspecified atom stereocenters. The van der Waals surface area contributed by atoms with Gasteiger partial charge in [-0.1, -0.05) is 6.92 Å². The van der Waals surface area contributed by atoms with Gasteiger partial charge >= 0.3 is 0 Å². The van der Waals surface area contributed by atoms with E-state index in [-0.39, 0.29) is 5.75 Å². The highest BCUT2D eigenvalue weighted by Crippen LogP contribution is 2.01. The molecule has 1 N–H and O–H groups in total. The molecular formula is C9H16N2O3S. The third-order valence-electron chi connectivity index (χ3n) is 1.82. The molecule has 0 spiro atoms. The van der Waals surface area contributed by atoms with Crippen LogP contribution in [0.4, 0.5) is 0 Å². The number of hydrogen-bond donors (Lipinski definition) is 1. The molecule has 0 aromatic carbocycles. The van der Waals surface area contributed by atoms with Gasteiger partial charge in [-0.3, -0.25) is 4.79 Å². The van der Waals surface area contributed by atoms with Crippen LogP contribution in [0.15, 0.2) is 0 Å². The van der Waals surface area contributed by atoms with Crippen molar-refractivity contribution in [1.29, 1.82) is 5.26 Å². The summed E-state index contributed by atoms with van der Waals surface area (Å²) in [6, 6.07) is 1.40. The van der Waals surface area contributed by atoms with Crippen molar-refractivity contribution < 1.29 is 13.2 Å². The van der Waals surface area contributed by atoms with Crippen LogP contribution in [-0.2, 0) is 14.6 Å². The molecule has 0 aromatic heterocycles. The Morgan fingerprint density at radius 2 is 2.07 bits per heavy atom. The lowest BCUT2D eigenvalue weighted by molar-refractivity contribution is -0.123. The predicted molar refractivity (Wildman–Crippen MR) is 56.7 cm³/mol. The van der Waals surface area contributed by atoms with Crippen LogP contribution in [0.25, 0.3) is 0 Å². The van der Waals surface area contributed by atoms with E-state index in [2.05, 4.69) is 5.32 Å². The zero-order valence-corrected chi connectivity index (χ0v) is 9.97. The lowest BCUT2D eigenvalue weighted by Crippen LogP contribution is -2.40. The fourth-order valence-electron chi connectivity index (χ4n) is 1.17. The van der Waals surface area contributed by atoms with E-state index < -0.39 is 27.7 Å². The summed E-state index contributed by atoms with van der Waals surface area (Å²) in [5, 5.41) is 11.1. The summed E-state index contributed by atoms with van der Waals surface area (Å²) in [6.45, 7) is 3.33. The molecule has 2 atom stereocenters. The van der Waals surface area contributed by atoms with Gasteiger partial charge in [0.05, 0.1) is 11.8 Å². The number of amides is 1. The first-order valence-electron chi connectivity index (χ1n) is 4.67. The Morgan fingerprint density at radius 1 is 1.53 bits per heavy atom. The Morgan fingerprint density at radius 3 is 2.40 bits per heavy atom. The molecule has 15 heavy (non-hydrogen) atoms. The van der Waals surface area contributed by atoms with Crippen molar-refractivity contribution in [3.05, 3.63) is 0 Å². The van der Waals surface area contributed by atoms with Crippen molar-refractivity contribution >= 4 is 15.7 Å². The molecule has 1 amide bonds. The first-order valence-corrected chi connectivity index (χ1v) is 6.74. The molecule has 6 heteroatoms. The maximum Gasteiger partial charge on any atom is 0.237 e. The summed E-state index contributed by atoms with van der Waals surface area (Å²) in [5.41, 5.74) is 0. The highest BCUT2D eigenvalue weighted by molar-refractivity contribution is 7.90. The Kier molecular flexibility index (Phi) is 5.29. The first kappa shape index (κ1) is 13.9. The maximum absolute atomic E-state index is 11.4. The van der Waals surface area contributed by atoms with Gasteiger partial charge in [0.15, 0.2) is 0 Å². The number of nitrogens with zero attached hydrogens (tertiary/aromatic N) is 1. The molecule has 0 aliphatic rings. The smallest absolute Gasteiger partial charge is 0.237 e. The molecule has 0 saturated heterocycles. The van der Waals surface area contributed by atoms with Crippen LogP contribution < -0.4 is 5.32 Å². The number of rotatable bonds is 5. The summed E-state index contributed by atoms with van der Waals surface area (Å²) in [6.07, 6.45) is 1.53. The summed E-state index contributed by atoms with van der Waals surface area (Å²) in [4.78, 5) is 11.4. The van der Waals surface area contributed by atoms with Crippen molar-refractivity contribution in [2.45, 2.75) is 26.3 Å². The van der Waals surface area contributed by atoms with Crippen LogP contribution >= 0.6 is 0 Å². The van der Waals surface area contributed by atoms with E-state index in [1.165, 1.54) is 0 Å². The lowest BCUT2D eigenvalue weighted by Gasteiger charge is -2.14. The summed E-state index contributed by atoms with van der Waals surface area (Å²) in [5.74, 6) is -1.22. The summed E-state index contributed by atoms with van der Waals surface area (Å²) < 4.78 is 21.8. The van der Waals surface area contributed by atoms with Crippen LogP contribution in [0.3, 0.4) is 0 Å². The zero-order chi connectivity index (χ0) is 12.1. The van der Waals surface area contributed by atoms with E-state index in [0.29, 0.717) is 6.42 Å². The first-order chi connectivity index (χ1) is 6.80. The standard InChI is InChI=1S/C9H16N2O3S/c1-4-8(5-10)9(12)11-7(2)6-15(3,13)14/h7-8H,4,6H2,1-3H3,(H,11,12). The van der Waals surface area contributed by atoms with E-state index in [1.807, 2.05) is 6.07 Å². The molecule has 5 nitrogen and oxygen atoms in total. The summed E-state index contributed by atoms with van der Waals surface area (Å²) >= 11 is 0. The minimum Gasteiger partial charge on any atom is -0.351 e. The largest absolute Gasteiger partial charge is 0.351 e. The van der Waals surface area contributed by atoms with Crippen LogP contribution in [0.5, 0.6) is 0 Å². The number of sulfone groups is 1. The van der Waals surface area contributed by atoms with Gasteiger partial charge in [-0.05, 0) is 13.3 Å². The van der Waals surface area contributed by atoms with Crippen LogP contribution in [-0.4, -0.2) is 32.4 Å². The number of nitriles is 1. The highest BCUT2D eigenvalue weighted by Gasteiger charge is 2.19. The number of hydrogen-bond acceptors (Lipinski definition) is 4. The number of carbonyl (C=O) groups excluding carboxylic acids is 1. The number of carbonyl (C=O) groups is 1. The van der Waals surface area contributed by atoms with Crippen molar-refractivity contribution in [2.24, 2.45) is 5.92 Å². The van der Waals surface area contributed by atoms with E-state index >= 15 is 0 Å². The molecule has 0 aliphatic carbocycles. The molecule has 86 valence electrons. The second-order valence-corrected chi connectivity index (χ2v) is 5.78. The van der Waals surface area contributed by atoms with E-state index in [4.69, 9.17) is 5.26 Å². The van der Waals surface area contributed by atoms with Crippen molar-refractivity contribution in [1.82, 2.24) is 5.32 Å². The maximum atomic E-state index is 11.4. The molecule has 0 aromatic rings. The fraction of sp³-hybridized carbons (Fsp3) is 0.778. The van der Waals surface area contributed by atoms with Gasteiger partial charge < -0.3 is 5.32 Å². The van der Waals surface area contributed by atoms with Crippen LogP contribution in [0.2, 0.25) is 0 Å². The quantitative estimate of drug-likeness (QED) is 0.727. The molecule has 0 rings (SSSR count). The van der Waals surface area contributed by atoms with Crippen LogP contribution in [0.1, 0.15) is 20.3 Å². The molecule has 0 aliphatic heterocycles. The van der Waals surface area contributed by atoms with Crippen molar-refractivity contribution in [2.75, 3.05) is 12.0 Å².